The number of nitrogens with zero attached hydrogens (tertiary/aromatic N) is 2. The highest BCUT2D eigenvalue weighted by molar-refractivity contribution is 7.89. The van der Waals surface area contributed by atoms with E-state index >= 15 is 0 Å². The molecule has 2 rings (SSSR count). The Balaban J connectivity index is 2.05. The lowest BCUT2D eigenvalue weighted by molar-refractivity contribution is -0.138. The fourth-order valence-electron chi connectivity index (χ4n) is 2.83. The number of hydrogen-bond acceptors (Lipinski definition) is 4. The molecule has 2 amide bonds. The van der Waals surface area contributed by atoms with Gasteiger partial charge in [-0.05, 0) is 30.2 Å². The van der Waals surface area contributed by atoms with Crippen LogP contribution in [-0.2, 0) is 19.6 Å². The average Bonchev–Trinajstić information content (AvgIpc) is 2.59. The maximum atomic E-state index is 12.7. The van der Waals surface area contributed by atoms with E-state index in [1.165, 1.54) is 35.5 Å². The fourth-order valence-corrected chi connectivity index (χ4v) is 4.38. The van der Waals surface area contributed by atoms with Crippen molar-refractivity contribution in [1.29, 1.82) is 0 Å². The van der Waals surface area contributed by atoms with Gasteiger partial charge >= 0.3 is 0 Å². The summed E-state index contributed by atoms with van der Waals surface area (Å²) in [6.07, 6.45) is 0. The second kappa shape index (κ2) is 8.37. The lowest BCUT2D eigenvalue weighted by Crippen LogP contribution is -2.56. The van der Waals surface area contributed by atoms with Crippen molar-refractivity contribution in [3.05, 3.63) is 29.3 Å². The second-order valence-electron chi connectivity index (χ2n) is 6.61. The summed E-state index contributed by atoms with van der Waals surface area (Å²) < 4.78 is 26.7. The van der Waals surface area contributed by atoms with Crippen molar-refractivity contribution in [2.75, 3.05) is 26.2 Å². The maximum Gasteiger partial charge on any atom is 0.245 e. The molecule has 0 aromatic heterocycles. The topological polar surface area (TPSA) is 86.8 Å². The SMILES string of the molecule is CC(=O)N[C@@H](C(=O)N1CCN(S(=O)(=O)c2ccc(Cl)cc2)CC1)C(C)C. The molecular formula is C17H24ClN3O4S. The molecule has 0 aliphatic carbocycles. The Morgan fingerprint density at radius 2 is 1.62 bits per heavy atom. The Morgan fingerprint density at radius 1 is 1.08 bits per heavy atom. The molecule has 1 saturated heterocycles. The summed E-state index contributed by atoms with van der Waals surface area (Å²) in [5.74, 6) is -0.498. The molecular weight excluding hydrogens is 378 g/mol. The predicted octanol–water partition coefficient (Wildman–Crippen LogP) is 1.33. The molecule has 0 saturated carbocycles. The van der Waals surface area contributed by atoms with E-state index in [1.807, 2.05) is 13.8 Å². The lowest BCUT2D eigenvalue weighted by Gasteiger charge is -2.36. The Bertz CT molecular complexity index is 757. The summed E-state index contributed by atoms with van der Waals surface area (Å²) in [5.41, 5.74) is 0. The van der Waals surface area contributed by atoms with Gasteiger partial charge < -0.3 is 10.2 Å². The van der Waals surface area contributed by atoms with Crippen molar-refractivity contribution >= 4 is 33.4 Å². The van der Waals surface area contributed by atoms with Crippen molar-refractivity contribution < 1.29 is 18.0 Å². The summed E-state index contributed by atoms with van der Waals surface area (Å²) in [6.45, 7) is 6.09. The van der Waals surface area contributed by atoms with Crippen molar-refractivity contribution in [2.45, 2.75) is 31.7 Å². The van der Waals surface area contributed by atoms with Crippen molar-refractivity contribution in [3.63, 3.8) is 0 Å². The first-order valence-corrected chi connectivity index (χ1v) is 10.3. The number of nitrogens with one attached hydrogen (secondary N) is 1. The number of halogens is 1. The van der Waals surface area contributed by atoms with Crippen molar-refractivity contribution in [3.8, 4) is 0 Å². The van der Waals surface area contributed by atoms with Crippen LogP contribution in [0.25, 0.3) is 0 Å². The molecule has 7 nitrogen and oxygen atoms in total. The van der Waals surface area contributed by atoms with E-state index in [-0.39, 0.29) is 48.8 Å². The second-order valence-corrected chi connectivity index (χ2v) is 8.98. The third-order valence-corrected chi connectivity index (χ3v) is 6.46. The minimum absolute atomic E-state index is 0.0535. The standard InChI is InChI=1S/C17H24ClN3O4S/c1-12(2)16(19-13(3)22)17(23)20-8-10-21(11-9-20)26(24,25)15-6-4-14(18)5-7-15/h4-7,12,16H,8-11H2,1-3H3,(H,19,22)/t16-/m1/s1. The maximum absolute atomic E-state index is 12.7. The molecule has 1 aromatic carbocycles. The fraction of sp³-hybridized carbons (Fsp3) is 0.529. The summed E-state index contributed by atoms with van der Waals surface area (Å²) in [7, 11) is -3.62. The largest absolute Gasteiger partial charge is 0.344 e. The summed E-state index contributed by atoms with van der Waals surface area (Å²) in [5, 5.41) is 3.14. The average molecular weight is 402 g/mol. The van der Waals surface area contributed by atoms with Crippen LogP contribution in [0.3, 0.4) is 0 Å². The van der Waals surface area contributed by atoms with Crippen LogP contribution in [0.15, 0.2) is 29.2 Å². The van der Waals surface area contributed by atoms with Crippen LogP contribution in [0.2, 0.25) is 5.02 Å². The van der Waals surface area contributed by atoms with E-state index in [1.54, 1.807) is 4.90 Å². The van der Waals surface area contributed by atoms with Gasteiger partial charge in [-0.3, -0.25) is 9.59 Å². The van der Waals surface area contributed by atoms with Crippen LogP contribution in [-0.4, -0.2) is 61.7 Å². The minimum atomic E-state index is -3.62. The Labute approximate surface area is 159 Å². The van der Waals surface area contributed by atoms with Gasteiger partial charge in [0.2, 0.25) is 21.8 Å². The number of sulfonamides is 1. The van der Waals surface area contributed by atoms with Crippen LogP contribution in [0.5, 0.6) is 0 Å². The highest BCUT2D eigenvalue weighted by Crippen LogP contribution is 2.20. The van der Waals surface area contributed by atoms with Gasteiger partial charge in [0, 0.05) is 38.1 Å². The first-order valence-electron chi connectivity index (χ1n) is 8.44. The lowest BCUT2D eigenvalue weighted by atomic mass is 10.0. The number of amides is 2. The molecule has 144 valence electrons. The van der Waals surface area contributed by atoms with Gasteiger partial charge in [0.05, 0.1) is 4.90 Å². The molecule has 1 aliphatic rings. The Morgan fingerprint density at radius 3 is 2.08 bits per heavy atom. The highest BCUT2D eigenvalue weighted by Gasteiger charge is 2.33. The van der Waals surface area contributed by atoms with Crippen molar-refractivity contribution in [2.24, 2.45) is 5.92 Å². The molecule has 0 unspecified atom stereocenters. The first kappa shape index (κ1) is 20.7. The van der Waals surface area contributed by atoms with E-state index in [4.69, 9.17) is 11.6 Å². The number of rotatable bonds is 5. The predicted molar refractivity (Wildman–Crippen MR) is 99.2 cm³/mol. The third kappa shape index (κ3) is 4.75. The van der Waals surface area contributed by atoms with Gasteiger partial charge in [0.15, 0.2) is 0 Å². The number of piperazine rings is 1. The Hall–Kier alpha value is -1.64. The Kier molecular flexibility index (Phi) is 6.65. The van der Waals surface area contributed by atoms with Crippen LogP contribution in [0, 0.1) is 5.92 Å². The molecule has 0 bridgehead atoms. The summed E-state index contributed by atoms with van der Waals surface area (Å²) in [6, 6.07) is 5.41. The first-order chi connectivity index (χ1) is 12.1. The van der Waals surface area contributed by atoms with Gasteiger partial charge in [-0.25, -0.2) is 8.42 Å². The van der Waals surface area contributed by atoms with Gasteiger partial charge in [0.25, 0.3) is 0 Å². The van der Waals surface area contributed by atoms with E-state index in [0.717, 1.165) is 0 Å². The zero-order chi connectivity index (χ0) is 19.5. The van der Waals surface area contributed by atoms with Crippen molar-refractivity contribution in [1.82, 2.24) is 14.5 Å². The third-order valence-electron chi connectivity index (χ3n) is 4.29. The molecule has 1 fully saturated rings. The van der Waals surface area contributed by atoms with Crippen LogP contribution in [0.4, 0.5) is 0 Å². The molecule has 1 aliphatic heterocycles. The molecule has 1 heterocycles. The smallest absolute Gasteiger partial charge is 0.245 e. The summed E-state index contributed by atoms with van der Waals surface area (Å²) in [4.78, 5) is 25.8. The quantitative estimate of drug-likeness (QED) is 0.806. The minimum Gasteiger partial charge on any atom is -0.344 e. The van der Waals surface area contributed by atoms with Crippen LogP contribution in [0.1, 0.15) is 20.8 Å². The zero-order valence-corrected chi connectivity index (χ0v) is 16.7. The van der Waals surface area contributed by atoms with E-state index in [2.05, 4.69) is 5.32 Å². The molecule has 1 atom stereocenters. The van der Waals surface area contributed by atoms with Gasteiger partial charge in [-0.2, -0.15) is 4.31 Å². The normalized spacial score (nSPS) is 17.2. The molecule has 0 radical (unpaired) electrons. The zero-order valence-electron chi connectivity index (χ0n) is 15.1. The van der Waals surface area contributed by atoms with E-state index < -0.39 is 16.1 Å². The van der Waals surface area contributed by atoms with Crippen LogP contribution >= 0.6 is 11.6 Å². The molecule has 1 N–H and O–H groups in total. The van der Waals surface area contributed by atoms with Gasteiger partial charge in [-0.1, -0.05) is 25.4 Å². The number of hydrogen-bond donors (Lipinski definition) is 1. The molecule has 1 aromatic rings. The molecule has 0 spiro atoms. The molecule has 26 heavy (non-hydrogen) atoms. The van der Waals surface area contributed by atoms with E-state index in [0.29, 0.717) is 5.02 Å². The number of carbonyl (C=O) groups is 2. The number of carbonyl (C=O) groups excluding carboxylic acids is 2. The van der Waals surface area contributed by atoms with Gasteiger partial charge in [0.1, 0.15) is 6.04 Å². The molecule has 9 heteroatoms. The monoisotopic (exact) mass is 401 g/mol. The van der Waals surface area contributed by atoms with Gasteiger partial charge in [-0.15, -0.1) is 0 Å². The van der Waals surface area contributed by atoms with E-state index in [9.17, 15) is 18.0 Å². The summed E-state index contributed by atoms with van der Waals surface area (Å²) >= 11 is 5.81. The highest BCUT2D eigenvalue weighted by atomic mass is 35.5. The van der Waals surface area contributed by atoms with Crippen LogP contribution < -0.4 is 5.32 Å². The number of benzene rings is 1.